The van der Waals surface area contributed by atoms with Gasteiger partial charge in [-0.2, -0.15) is 8.78 Å². The van der Waals surface area contributed by atoms with Crippen molar-refractivity contribution < 1.29 is 37.1 Å². The summed E-state index contributed by atoms with van der Waals surface area (Å²) >= 11 is 0.617. The Labute approximate surface area is 304 Å². The van der Waals surface area contributed by atoms with Gasteiger partial charge in [-0.15, -0.1) is 0 Å². The van der Waals surface area contributed by atoms with Crippen molar-refractivity contribution in [1.82, 2.24) is 30.4 Å². The summed E-state index contributed by atoms with van der Waals surface area (Å²) < 4.78 is 51.1. The molecule has 2 aliphatic rings. The van der Waals surface area contributed by atoms with Crippen LogP contribution in [0.25, 0.3) is 0 Å². The molecule has 14 nitrogen and oxygen atoms in total. The minimum absolute atomic E-state index is 0.0169. The van der Waals surface area contributed by atoms with E-state index in [-0.39, 0.29) is 22.5 Å². The van der Waals surface area contributed by atoms with Crippen LogP contribution in [0.4, 0.5) is 18.9 Å². The van der Waals surface area contributed by atoms with Crippen LogP contribution in [0, 0.1) is 17.7 Å². The van der Waals surface area contributed by atoms with Gasteiger partial charge in [-0.1, -0.05) is 32.8 Å². The number of carbonyl (C=O) groups is 4. The van der Waals surface area contributed by atoms with Gasteiger partial charge < -0.3 is 36.2 Å². The zero-order chi connectivity index (χ0) is 38.2. The fourth-order valence-corrected chi connectivity index (χ4v) is 6.53. The number of amides is 4. The zero-order valence-electron chi connectivity index (χ0n) is 29.5. The molecule has 2 heterocycles. The molecule has 52 heavy (non-hydrogen) atoms. The molecule has 284 valence electrons. The number of hydrogen-bond acceptors (Lipinski definition) is 11. The number of benzene rings is 1. The van der Waals surface area contributed by atoms with E-state index in [1.165, 1.54) is 19.2 Å². The van der Waals surface area contributed by atoms with E-state index in [2.05, 4.69) is 30.8 Å². The van der Waals surface area contributed by atoms with Gasteiger partial charge in [0.25, 0.3) is 11.8 Å². The molecule has 2 aromatic rings. The quantitative estimate of drug-likeness (QED) is 0.149. The monoisotopic (exact) mass is 749 g/mol. The number of halogens is 3. The Bertz CT molecular complexity index is 1620. The Morgan fingerprint density at radius 1 is 1.06 bits per heavy atom. The molecule has 3 atom stereocenters. The number of ether oxygens (including phenoxy) is 1. The van der Waals surface area contributed by atoms with Gasteiger partial charge in [0.15, 0.2) is 0 Å². The van der Waals surface area contributed by atoms with Gasteiger partial charge in [0.2, 0.25) is 11.8 Å². The van der Waals surface area contributed by atoms with Crippen LogP contribution < -0.4 is 31.6 Å². The molecule has 1 aromatic heterocycles. The lowest BCUT2D eigenvalue weighted by Crippen LogP contribution is -2.55. The van der Waals surface area contributed by atoms with E-state index in [0.29, 0.717) is 75.3 Å². The molecule has 4 rings (SSSR count). The SMILES string of the molecule is COc1ncc(C(F)(F)C(=O)N[C@H](C(=O)Nc2ccc([C@H](C)[C@@H](NC(=O)/C(=C/N)SN)C(=O)N3CCN(C)CC3)cc2F)C2CCC(C)CC2)cn1. The average Bonchev–Trinajstić information content (AvgIpc) is 3.14. The molecule has 0 unspecified atom stereocenters. The molecule has 0 bridgehead atoms. The van der Waals surface area contributed by atoms with Crippen LogP contribution in [0.2, 0.25) is 0 Å². The molecular formula is C34H46F3N9O5S. The smallest absolute Gasteiger partial charge is 0.352 e. The third-order valence-corrected chi connectivity index (χ3v) is 10.3. The first-order valence-electron chi connectivity index (χ1n) is 16.9. The highest BCUT2D eigenvalue weighted by Gasteiger charge is 2.45. The van der Waals surface area contributed by atoms with Gasteiger partial charge in [-0.25, -0.2) is 14.4 Å². The first-order chi connectivity index (χ1) is 24.7. The number of nitrogens with zero attached hydrogens (tertiary/aromatic N) is 4. The van der Waals surface area contributed by atoms with E-state index >= 15 is 13.2 Å². The molecule has 7 N–H and O–H groups in total. The lowest BCUT2D eigenvalue weighted by Gasteiger charge is -2.36. The summed E-state index contributed by atoms with van der Waals surface area (Å²) in [6, 6.07) is 1.20. The second-order valence-electron chi connectivity index (χ2n) is 13.2. The third-order valence-electron chi connectivity index (χ3n) is 9.71. The fraction of sp³-hybridized carbons (Fsp3) is 0.529. The number of carbonyl (C=O) groups excluding carboxylic acids is 4. The fourth-order valence-electron chi connectivity index (χ4n) is 6.29. The van der Waals surface area contributed by atoms with Crippen LogP contribution in [0.3, 0.4) is 0 Å². The number of nitrogens with two attached hydrogens (primary N) is 2. The van der Waals surface area contributed by atoms with Gasteiger partial charge >= 0.3 is 11.9 Å². The highest BCUT2D eigenvalue weighted by Crippen LogP contribution is 2.34. The Hall–Kier alpha value is -4.42. The van der Waals surface area contributed by atoms with Crippen molar-refractivity contribution in [2.75, 3.05) is 45.7 Å². The summed E-state index contributed by atoms with van der Waals surface area (Å²) in [5, 5.41) is 12.9. The van der Waals surface area contributed by atoms with E-state index in [9.17, 15) is 19.2 Å². The van der Waals surface area contributed by atoms with Crippen LogP contribution in [0.5, 0.6) is 6.01 Å². The standard InChI is InChI=1S/C34H46F3N9O5S/c1-19-5-7-21(8-6-19)28(44-32(50)34(36,37)23-17-40-33(51-4)41-18-23)30(48)42-25-10-9-22(15-24(25)35)20(2)27(43-29(47)26(16-38)52-39)31(49)46-13-11-45(3)12-14-46/h9-10,15-21,27-28H,5-8,11-14,38-39H2,1-4H3,(H,42,48)(H,43,47)(H,44,50)/b26-16-/t19?,20-,21?,27+,28-/m0/s1. The van der Waals surface area contributed by atoms with E-state index in [1.54, 1.807) is 11.8 Å². The lowest BCUT2D eigenvalue weighted by molar-refractivity contribution is -0.149. The van der Waals surface area contributed by atoms with Crippen LogP contribution in [-0.4, -0.2) is 95.8 Å². The van der Waals surface area contributed by atoms with E-state index in [0.717, 1.165) is 24.7 Å². The number of methoxy groups -OCH3 is 1. The molecule has 18 heteroatoms. The van der Waals surface area contributed by atoms with Crippen molar-refractivity contribution >= 4 is 41.3 Å². The maximum atomic E-state index is 15.7. The average molecular weight is 750 g/mol. The van der Waals surface area contributed by atoms with Crippen LogP contribution in [-0.2, 0) is 25.1 Å². The maximum absolute atomic E-state index is 15.7. The normalized spacial score (nSPS) is 20.3. The van der Waals surface area contributed by atoms with Gasteiger partial charge in [-0.3, -0.25) is 24.3 Å². The molecule has 1 aromatic carbocycles. The first kappa shape index (κ1) is 40.4. The second-order valence-corrected chi connectivity index (χ2v) is 13.9. The van der Waals surface area contributed by atoms with Crippen LogP contribution in [0.15, 0.2) is 41.7 Å². The summed E-state index contributed by atoms with van der Waals surface area (Å²) in [5.74, 6) is -9.51. The molecule has 0 spiro atoms. The van der Waals surface area contributed by atoms with Gasteiger partial charge in [0.1, 0.15) is 22.8 Å². The molecule has 1 aliphatic heterocycles. The summed E-state index contributed by atoms with van der Waals surface area (Å²) in [4.78, 5) is 64.3. The maximum Gasteiger partial charge on any atom is 0.352 e. The molecule has 4 amide bonds. The topological polar surface area (TPSA) is 198 Å². The van der Waals surface area contributed by atoms with E-state index in [4.69, 9.17) is 15.6 Å². The number of anilines is 1. The Balaban J connectivity index is 1.56. The number of alkyl halides is 2. The van der Waals surface area contributed by atoms with Gasteiger partial charge in [0, 0.05) is 50.7 Å². The van der Waals surface area contributed by atoms with Crippen LogP contribution >= 0.6 is 11.9 Å². The highest BCUT2D eigenvalue weighted by molar-refractivity contribution is 8.01. The minimum atomic E-state index is -4.09. The van der Waals surface area contributed by atoms with Crippen molar-refractivity contribution in [3.63, 3.8) is 0 Å². The Morgan fingerprint density at radius 3 is 2.25 bits per heavy atom. The van der Waals surface area contributed by atoms with Gasteiger partial charge in [0.05, 0.1) is 18.4 Å². The Morgan fingerprint density at radius 2 is 1.69 bits per heavy atom. The van der Waals surface area contributed by atoms with Crippen molar-refractivity contribution in [2.24, 2.45) is 22.7 Å². The molecule has 1 aliphatic carbocycles. The summed E-state index contributed by atoms with van der Waals surface area (Å²) in [6.07, 6.45) is 4.94. The molecule has 1 saturated heterocycles. The minimum Gasteiger partial charge on any atom is -0.467 e. The van der Waals surface area contributed by atoms with Crippen molar-refractivity contribution in [2.45, 2.75) is 63.5 Å². The Kier molecular flexibility index (Phi) is 13.9. The third kappa shape index (κ3) is 9.71. The largest absolute Gasteiger partial charge is 0.467 e. The number of nitrogens with one attached hydrogen (secondary N) is 3. The summed E-state index contributed by atoms with van der Waals surface area (Å²) in [5.41, 5.74) is 4.81. The van der Waals surface area contributed by atoms with E-state index < -0.39 is 58.9 Å². The zero-order valence-corrected chi connectivity index (χ0v) is 30.4. The van der Waals surface area contributed by atoms with Crippen molar-refractivity contribution in [1.29, 1.82) is 0 Å². The lowest BCUT2D eigenvalue weighted by atomic mass is 9.79. The van der Waals surface area contributed by atoms with E-state index in [1.807, 2.05) is 14.0 Å². The van der Waals surface area contributed by atoms with Crippen LogP contribution in [0.1, 0.15) is 56.6 Å². The van der Waals surface area contributed by atoms with Gasteiger partial charge in [-0.05, 0) is 61.4 Å². The second kappa shape index (κ2) is 17.9. The summed E-state index contributed by atoms with van der Waals surface area (Å²) in [6.45, 7) is 5.81. The number of rotatable bonds is 13. The highest BCUT2D eigenvalue weighted by atomic mass is 32.2. The molecular weight excluding hydrogens is 703 g/mol. The van der Waals surface area contributed by atoms with Crippen molar-refractivity contribution in [3.8, 4) is 6.01 Å². The number of likely N-dealkylation sites (N-methyl/N-ethyl adjacent to an activating group) is 1. The molecule has 2 fully saturated rings. The number of piperazine rings is 1. The number of hydrogen-bond donors (Lipinski definition) is 5. The first-order valence-corrected chi connectivity index (χ1v) is 17.8. The number of aromatic nitrogens is 2. The molecule has 0 radical (unpaired) electrons. The summed E-state index contributed by atoms with van der Waals surface area (Å²) in [7, 11) is 3.19. The molecule has 1 saturated carbocycles. The van der Waals surface area contributed by atoms with Crippen molar-refractivity contribution in [3.05, 3.63) is 58.6 Å². The predicted octanol–water partition coefficient (Wildman–Crippen LogP) is 2.44. The predicted molar refractivity (Wildman–Crippen MR) is 189 cm³/mol.